The number of hydrogen-bond donors (Lipinski definition) is 0. The normalized spacial score (nSPS) is 15.0. The Morgan fingerprint density at radius 3 is 2.50 bits per heavy atom. The molecule has 2 aromatic heterocycles. The van der Waals surface area contributed by atoms with E-state index < -0.39 is 0 Å². The highest BCUT2D eigenvalue weighted by Crippen LogP contribution is 2.29. The van der Waals surface area contributed by atoms with Crippen molar-refractivity contribution in [3.05, 3.63) is 78.2 Å². The fourth-order valence-corrected chi connectivity index (χ4v) is 4.99. The van der Waals surface area contributed by atoms with Gasteiger partial charge in [0.2, 0.25) is 5.91 Å². The molecule has 1 unspecified atom stereocenters. The van der Waals surface area contributed by atoms with Crippen molar-refractivity contribution in [3.8, 4) is 5.69 Å². The zero-order valence-corrected chi connectivity index (χ0v) is 22.3. The van der Waals surface area contributed by atoms with E-state index in [-0.39, 0.29) is 18.4 Å². The summed E-state index contributed by atoms with van der Waals surface area (Å²) < 4.78 is 7.62. The quantitative estimate of drug-likeness (QED) is 0.315. The molecule has 1 aliphatic rings. The van der Waals surface area contributed by atoms with Gasteiger partial charge in [0, 0.05) is 32.1 Å². The summed E-state index contributed by atoms with van der Waals surface area (Å²) in [6, 6.07) is 20.0. The van der Waals surface area contributed by atoms with Gasteiger partial charge in [-0.05, 0) is 30.5 Å². The van der Waals surface area contributed by atoms with E-state index in [1.165, 1.54) is 0 Å². The number of benzene rings is 2. The summed E-state index contributed by atoms with van der Waals surface area (Å²) in [5.41, 5.74) is 2.87. The van der Waals surface area contributed by atoms with Crippen molar-refractivity contribution < 1.29 is 9.53 Å². The molecule has 1 fully saturated rings. The maximum Gasteiger partial charge on any atom is 0.248 e. The highest BCUT2D eigenvalue weighted by Gasteiger charge is 2.24. The molecule has 3 heterocycles. The smallest absolute Gasteiger partial charge is 0.248 e. The van der Waals surface area contributed by atoms with Crippen LogP contribution in [0.15, 0.2) is 66.9 Å². The molecule has 1 amide bonds. The van der Waals surface area contributed by atoms with Gasteiger partial charge in [0.25, 0.3) is 0 Å². The van der Waals surface area contributed by atoms with Crippen molar-refractivity contribution in [1.82, 2.24) is 24.6 Å². The van der Waals surface area contributed by atoms with E-state index in [1.807, 2.05) is 76.4 Å². The van der Waals surface area contributed by atoms with Crippen molar-refractivity contribution in [1.29, 1.82) is 0 Å². The second-order valence-corrected chi connectivity index (χ2v) is 9.92. The molecule has 38 heavy (non-hydrogen) atoms. The first-order valence-electron chi connectivity index (χ1n) is 13.6. The summed E-state index contributed by atoms with van der Waals surface area (Å²) in [6.45, 7) is 7.77. The fourth-order valence-electron chi connectivity index (χ4n) is 4.99. The molecule has 8 heteroatoms. The molecule has 5 rings (SSSR count). The van der Waals surface area contributed by atoms with Crippen molar-refractivity contribution in [2.45, 2.75) is 45.6 Å². The lowest BCUT2D eigenvalue weighted by atomic mass is 10.1. The van der Waals surface area contributed by atoms with E-state index in [0.29, 0.717) is 26.2 Å². The molecule has 0 radical (unpaired) electrons. The van der Waals surface area contributed by atoms with Gasteiger partial charge in [0.1, 0.15) is 18.2 Å². The number of fused-ring (bicyclic) bond motifs is 1. The molecular weight excluding hydrogens is 476 g/mol. The summed E-state index contributed by atoms with van der Waals surface area (Å²) in [6.07, 6.45) is 4.83. The van der Waals surface area contributed by atoms with E-state index >= 15 is 0 Å². The molecule has 2 aromatic carbocycles. The second-order valence-electron chi connectivity index (χ2n) is 9.92. The molecule has 198 valence electrons. The van der Waals surface area contributed by atoms with E-state index in [4.69, 9.17) is 19.8 Å². The first kappa shape index (κ1) is 25.9. The Bertz CT molecular complexity index is 1340. The largest absolute Gasteiger partial charge is 0.367 e. The van der Waals surface area contributed by atoms with Gasteiger partial charge in [0.15, 0.2) is 5.65 Å². The van der Waals surface area contributed by atoms with Gasteiger partial charge in [-0.25, -0.2) is 14.6 Å². The standard InChI is InChI=1S/C30H36N6O2/c1-3-11-23(2)28-32-29(26-20-31-36(30(26)33-28)25-14-8-5-9-15-25)35-17-10-16-34(18-19-35)27(37)22-38-21-24-12-6-4-7-13-24/h4-9,12-15,20,23H,3,10-11,16-19,21-22H2,1-2H3. The van der Waals surface area contributed by atoms with Crippen molar-refractivity contribution in [2.75, 3.05) is 37.7 Å². The van der Waals surface area contributed by atoms with E-state index in [9.17, 15) is 4.79 Å². The molecule has 1 aliphatic heterocycles. The first-order valence-corrected chi connectivity index (χ1v) is 13.6. The summed E-state index contributed by atoms with van der Waals surface area (Å²) in [5, 5.41) is 5.64. The number of rotatable bonds is 9. The summed E-state index contributed by atoms with van der Waals surface area (Å²) in [4.78, 5) is 27.2. The zero-order valence-electron chi connectivity index (χ0n) is 22.3. The molecular formula is C30H36N6O2. The van der Waals surface area contributed by atoms with Crippen LogP contribution >= 0.6 is 0 Å². The number of aromatic nitrogens is 4. The minimum absolute atomic E-state index is 0.0322. The van der Waals surface area contributed by atoms with Crippen LogP contribution in [0.4, 0.5) is 5.82 Å². The molecule has 0 saturated carbocycles. The topological polar surface area (TPSA) is 76.4 Å². The highest BCUT2D eigenvalue weighted by molar-refractivity contribution is 5.88. The molecule has 0 aliphatic carbocycles. The lowest BCUT2D eigenvalue weighted by molar-refractivity contribution is -0.136. The van der Waals surface area contributed by atoms with Gasteiger partial charge in [0.05, 0.1) is 23.9 Å². The van der Waals surface area contributed by atoms with E-state index in [0.717, 1.165) is 59.7 Å². The lowest BCUT2D eigenvalue weighted by Crippen LogP contribution is -2.37. The summed E-state index contributed by atoms with van der Waals surface area (Å²) >= 11 is 0. The van der Waals surface area contributed by atoms with Crippen LogP contribution in [0.1, 0.15) is 50.4 Å². The van der Waals surface area contributed by atoms with Gasteiger partial charge in [-0.2, -0.15) is 5.10 Å². The molecule has 0 bridgehead atoms. The van der Waals surface area contributed by atoms with Crippen molar-refractivity contribution >= 4 is 22.8 Å². The number of carbonyl (C=O) groups is 1. The predicted molar refractivity (Wildman–Crippen MR) is 149 cm³/mol. The molecule has 0 N–H and O–H groups in total. The van der Waals surface area contributed by atoms with Crippen LogP contribution in [-0.2, 0) is 16.1 Å². The van der Waals surface area contributed by atoms with Crippen LogP contribution in [-0.4, -0.2) is 63.3 Å². The molecule has 1 atom stereocenters. The Labute approximate surface area is 224 Å². The number of anilines is 1. The number of nitrogens with zero attached hydrogens (tertiary/aromatic N) is 6. The molecule has 8 nitrogen and oxygen atoms in total. The zero-order chi connectivity index (χ0) is 26.3. The van der Waals surface area contributed by atoms with Crippen LogP contribution in [0.3, 0.4) is 0 Å². The highest BCUT2D eigenvalue weighted by atomic mass is 16.5. The Hall–Kier alpha value is -3.78. The summed E-state index contributed by atoms with van der Waals surface area (Å²) in [7, 11) is 0. The Morgan fingerprint density at radius 1 is 0.974 bits per heavy atom. The number of amides is 1. The van der Waals surface area contributed by atoms with Gasteiger partial charge in [-0.3, -0.25) is 4.79 Å². The average molecular weight is 513 g/mol. The number of hydrogen-bond acceptors (Lipinski definition) is 6. The Balaban J connectivity index is 1.34. The Morgan fingerprint density at radius 2 is 1.74 bits per heavy atom. The van der Waals surface area contributed by atoms with Crippen LogP contribution in [0.5, 0.6) is 0 Å². The van der Waals surface area contributed by atoms with Crippen LogP contribution in [0, 0.1) is 0 Å². The SMILES string of the molecule is CCCC(C)c1nc(N2CCCN(C(=O)COCc3ccccc3)CC2)c2cnn(-c3ccccc3)c2n1. The third-order valence-electron chi connectivity index (χ3n) is 7.07. The van der Waals surface area contributed by atoms with Crippen molar-refractivity contribution in [2.24, 2.45) is 0 Å². The van der Waals surface area contributed by atoms with Crippen LogP contribution in [0.25, 0.3) is 16.7 Å². The first-order chi connectivity index (χ1) is 18.6. The molecule has 1 saturated heterocycles. The predicted octanol–water partition coefficient (Wildman–Crippen LogP) is 4.97. The average Bonchev–Trinajstić information content (AvgIpc) is 3.22. The van der Waals surface area contributed by atoms with Gasteiger partial charge in [-0.1, -0.05) is 68.8 Å². The number of ether oxygens (including phenoxy) is 1. The fraction of sp³-hybridized carbons (Fsp3) is 0.400. The van der Waals surface area contributed by atoms with Crippen molar-refractivity contribution in [3.63, 3.8) is 0 Å². The molecule has 4 aromatic rings. The lowest BCUT2D eigenvalue weighted by Gasteiger charge is -2.24. The third-order valence-corrected chi connectivity index (χ3v) is 7.07. The van der Waals surface area contributed by atoms with E-state index in [2.05, 4.69) is 18.7 Å². The van der Waals surface area contributed by atoms with Crippen LogP contribution in [0.2, 0.25) is 0 Å². The number of carbonyl (C=O) groups excluding carboxylic acids is 1. The van der Waals surface area contributed by atoms with E-state index in [1.54, 1.807) is 0 Å². The van der Waals surface area contributed by atoms with Gasteiger partial charge < -0.3 is 14.5 Å². The minimum Gasteiger partial charge on any atom is -0.367 e. The minimum atomic E-state index is 0.0322. The van der Waals surface area contributed by atoms with Gasteiger partial charge >= 0.3 is 0 Å². The Kier molecular flexibility index (Phi) is 8.28. The van der Waals surface area contributed by atoms with Crippen LogP contribution < -0.4 is 4.90 Å². The van der Waals surface area contributed by atoms with Gasteiger partial charge in [-0.15, -0.1) is 0 Å². The maximum atomic E-state index is 12.9. The third kappa shape index (κ3) is 5.86. The monoisotopic (exact) mass is 512 g/mol. The second kappa shape index (κ2) is 12.2. The maximum absolute atomic E-state index is 12.9. The number of para-hydroxylation sites is 1. The molecule has 0 spiro atoms. The summed E-state index contributed by atoms with van der Waals surface area (Å²) in [5.74, 6) is 2.03.